The van der Waals surface area contributed by atoms with Crippen LogP contribution in [0.1, 0.15) is 13.8 Å². The monoisotopic (exact) mass is 494 g/mol. The second kappa shape index (κ2) is 11.6. The number of nitrogens with one attached hydrogen (secondary N) is 1. The van der Waals surface area contributed by atoms with Crippen molar-refractivity contribution in [1.29, 1.82) is 0 Å². The van der Waals surface area contributed by atoms with Crippen LogP contribution in [-0.4, -0.2) is 64.0 Å². The quantitative estimate of drug-likeness (QED) is 0.337. The highest BCUT2D eigenvalue weighted by molar-refractivity contribution is 5.77. The summed E-state index contributed by atoms with van der Waals surface area (Å²) in [6.45, 7) is 6.44. The van der Waals surface area contributed by atoms with E-state index in [-0.39, 0.29) is 44.0 Å². The van der Waals surface area contributed by atoms with Crippen LogP contribution in [0.5, 0.6) is 5.75 Å². The number of hydrogen-bond acceptors (Lipinski definition) is 8. The minimum Gasteiger partial charge on any atom is -0.492 e. The first-order valence-electron chi connectivity index (χ1n) is 12.0. The molecule has 11 nitrogen and oxygen atoms in total. The van der Waals surface area contributed by atoms with Crippen LogP contribution in [0.25, 0.3) is 11.2 Å². The van der Waals surface area contributed by atoms with Gasteiger partial charge in [0.15, 0.2) is 11.2 Å². The number of para-hydroxylation sites is 1. The zero-order chi connectivity index (χ0) is 25.5. The maximum atomic E-state index is 13.7. The number of fused-ring (bicyclic) bond motifs is 1. The number of carbonyl (C=O) groups excluding carboxylic acids is 1. The van der Waals surface area contributed by atoms with Crippen LogP contribution in [0.3, 0.4) is 0 Å². The van der Waals surface area contributed by atoms with Crippen LogP contribution in [0.15, 0.2) is 39.9 Å². The van der Waals surface area contributed by atoms with Crippen LogP contribution in [-0.2, 0) is 29.2 Å². The predicted octanol–water partition coefficient (Wildman–Crippen LogP) is 0.435. The Morgan fingerprint density at radius 1 is 1.11 bits per heavy atom. The first-order chi connectivity index (χ1) is 17.5. The Morgan fingerprint density at radius 3 is 2.56 bits per heavy atom. The molecule has 3 aromatic rings. The van der Waals surface area contributed by atoms with Gasteiger partial charge >= 0.3 is 11.7 Å². The first kappa shape index (κ1) is 25.1. The van der Waals surface area contributed by atoms with Gasteiger partial charge in [0.2, 0.25) is 5.95 Å². The molecule has 4 rings (SSSR count). The van der Waals surface area contributed by atoms with E-state index in [1.165, 1.54) is 4.57 Å². The topological polar surface area (TPSA) is 113 Å². The van der Waals surface area contributed by atoms with Crippen LogP contribution in [0.2, 0.25) is 0 Å². The Kier molecular flexibility index (Phi) is 8.07. The number of rotatable bonds is 9. The molecule has 0 aliphatic carbocycles. The lowest BCUT2D eigenvalue weighted by Crippen LogP contribution is -2.44. The van der Waals surface area contributed by atoms with E-state index in [2.05, 4.69) is 22.1 Å². The number of ether oxygens (including phenoxy) is 2. The second-order valence-corrected chi connectivity index (χ2v) is 8.13. The summed E-state index contributed by atoms with van der Waals surface area (Å²) in [5, 5.41) is 3.30. The third-order valence-corrected chi connectivity index (χ3v) is 5.83. The van der Waals surface area contributed by atoms with Crippen molar-refractivity contribution in [2.75, 3.05) is 44.3 Å². The molecule has 11 heteroatoms. The van der Waals surface area contributed by atoms with Crippen molar-refractivity contribution in [3.8, 4) is 17.6 Å². The van der Waals surface area contributed by atoms with Gasteiger partial charge in [-0.3, -0.25) is 23.3 Å². The minimum atomic E-state index is -0.643. The summed E-state index contributed by atoms with van der Waals surface area (Å²) >= 11 is 0. The summed E-state index contributed by atoms with van der Waals surface area (Å²) in [5.74, 6) is 6.45. The van der Waals surface area contributed by atoms with Crippen LogP contribution < -0.4 is 26.2 Å². The zero-order valence-corrected chi connectivity index (χ0v) is 20.5. The molecule has 1 aliphatic rings. The van der Waals surface area contributed by atoms with E-state index in [1.54, 1.807) is 30.5 Å². The first-order valence-corrected chi connectivity index (χ1v) is 12.0. The largest absolute Gasteiger partial charge is 0.492 e. The fraction of sp³-hybridized carbons (Fsp3) is 0.440. The van der Waals surface area contributed by atoms with Gasteiger partial charge in [0.25, 0.3) is 5.56 Å². The molecule has 1 saturated heterocycles. The van der Waals surface area contributed by atoms with Gasteiger partial charge in [-0.1, -0.05) is 24.1 Å². The third-order valence-electron chi connectivity index (χ3n) is 5.83. The molecular formula is C25H30N6O5. The van der Waals surface area contributed by atoms with Gasteiger partial charge in [-0.05, 0) is 26.0 Å². The van der Waals surface area contributed by atoms with Crippen LogP contribution in [0.4, 0.5) is 5.95 Å². The molecule has 3 heterocycles. The highest BCUT2D eigenvalue weighted by atomic mass is 16.5. The molecule has 1 fully saturated rings. The maximum absolute atomic E-state index is 13.7. The van der Waals surface area contributed by atoms with Gasteiger partial charge < -0.3 is 19.7 Å². The fourth-order valence-electron chi connectivity index (χ4n) is 4.14. The summed E-state index contributed by atoms with van der Waals surface area (Å²) < 4.78 is 14.8. The average molecular weight is 495 g/mol. The lowest BCUT2D eigenvalue weighted by Gasteiger charge is -2.28. The summed E-state index contributed by atoms with van der Waals surface area (Å²) in [6, 6.07) is 9.14. The van der Waals surface area contributed by atoms with E-state index in [0.717, 1.165) is 17.7 Å². The lowest BCUT2D eigenvalue weighted by molar-refractivity contribution is -0.143. The molecule has 0 bridgehead atoms. The standard InChI is InChI=1S/C25H30N6O5/c1-3-5-13-29-21-22(27-24(29)28-14-11-26-12-15-28)31(18-20(32)35-4-2)25(34)30(23(21)33)16-17-36-19-9-7-6-8-10-19/h6-10,26H,4,11-18H2,1-2H3. The van der Waals surface area contributed by atoms with E-state index in [4.69, 9.17) is 14.5 Å². The van der Waals surface area contributed by atoms with Gasteiger partial charge in [0, 0.05) is 26.2 Å². The van der Waals surface area contributed by atoms with Gasteiger partial charge in [-0.2, -0.15) is 4.98 Å². The van der Waals surface area contributed by atoms with Gasteiger partial charge in [-0.15, -0.1) is 5.92 Å². The van der Waals surface area contributed by atoms with Crippen molar-refractivity contribution < 1.29 is 14.3 Å². The molecular weight excluding hydrogens is 464 g/mol. The van der Waals surface area contributed by atoms with Crippen molar-refractivity contribution in [3.05, 3.63) is 51.2 Å². The molecule has 2 aromatic heterocycles. The smallest absolute Gasteiger partial charge is 0.333 e. The van der Waals surface area contributed by atoms with Crippen molar-refractivity contribution in [2.24, 2.45) is 0 Å². The normalized spacial score (nSPS) is 13.3. The zero-order valence-electron chi connectivity index (χ0n) is 20.5. The summed E-state index contributed by atoms with van der Waals surface area (Å²) in [4.78, 5) is 46.3. The van der Waals surface area contributed by atoms with Crippen molar-refractivity contribution in [1.82, 2.24) is 24.0 Å². The summed E-state index contributed by atoms with van der Waals surface area (Å²) in [7, 11) is 0. The molecule has 1 aromatic carbocycles. The van der Waals surface area contributed by atoms with E-state index in [0.29, 0.717) is 24.8 Å². The second-order valence-electron chi connectivity index (χ2n) is 8.13. The van der Waals surface area contributed by atoms with Gasteiger partial charge in [0.05, 0.1) is 19.7 Å². The number of nitrogens with zero attached hydrogens (tertiary/aromatic N) is 5. The van der Waals surface area contributed by atoms with Gasteiger partial charge in [-0.25, -0.2) is 4.79 Å². The number of carbonyl (C=O) groups is 1. The Hall–Kier alpha value is -4.04. The Labute approximate surface area is 208 Å². The van der Waals surface area contributed by atoms with Crippen LogP contribution >= 0.6 is 0 Å². The SMILES string of the molecule is CC#CCn1c(N2CCNCC2)nc2c1c(=O)n(CCOc1ccccc1)c(=O)n2CC(=O)OCC. The van der Waals surface area contributed by atoms with Crippen molar-refractivity contribution in [2.45, 2.75) is 33.5 Å². The molecule has 0 saturated carbocycles. The van der Waals surface area contributed by atoms with E-state index >= 15 is 0 Å². The molecule has 0 atom stereocenters. The van der Waals surface area contributed by atoms with Crippen molar-refractivity contribution >= 4 is 23.1 Å². The number of imidazole rings is 1. The molecule has 0 radical (unpaired) electrons. The highest BCUT2D eigenvalue weighted by Gasteiger charge is 2.26. The van der Waals surface area contributed by atoms with Crippen molar-refractivity contribution in [3.63, 3.8) is 0 Å². The molecule has 1 N–H and O–H groups in total. The Morgan fingerprint density at radius 2 is 1.86 bits per heavy atom. The highest BCUT2D eigenvalue weighted by Crippen LogP contribution is 2.20. The number of benzene rings is 1. The molecule has 0 spiro atoms. The molecule has 0 unspecified atom stereocenters. The molecule has 36 heavy (non-hydrogen) atoms. The van der Waals surface area contributed by atoms with Gasteiger partial charge in [0.1, 0.15) is 18.9 Å². The number of piperazine rings is 1. The third kappa shape index (κ3) is 5.28. The fourth-order valence-corrected chi connectivity index (χ4v) is 4.14. The number of hydrogen-bond donors (Lipinski definition) is 1. The number of aromatic nitrogens is 4. The summed E-state index contributed by atoms with van der Waals surface area (Å²) in [6.07, 6.45) is 0. The number of anilines is 1. The molecule has 190 valence electrons. The van der Waals surface area contributed by atoms with E-state index in [1.807, 2.05) is 18.2 Å². The Balaban J connectivity index is 1.84. The Bertz CT molecular complexity index is 1390. The predicted molar refractivity (Wildman–Crippen MR) is 135 cm³/mol. The lowest BCUT2D eigenvalue weighted by atomic mass is 10.3. The minimum absolute atomic E-state index is 0.00106. The average Bonchev–Trinajstić information content (AvgIpc) is 3.28. The van der Waals surface area contributed by atoms with Crippen LogP contribution in [0, 0.1) is 11.8 Å². The van der Waals surface area contributed by atoms with E-state index < -0.39 is 17.2 Å². The number of esters is 1. The maximum Gasteiger partial charge on any atom is 0.333 e. The molecule has 1 aliphatic heterocycles. The molecule has 0 amide bonds. The van der Waals surface area contributed by atoms with E-state index in [9.17, 15) is 14.4 Å². The summed E-state index contributed by atoms with van der Waals surface area (Å²) in [5.41, 5.74) is -0.784.